The molecule has 6 fully saturated rings. The van der Waals surface area contributed by atoms with Crippen molar-refractivity contribution in [2.45, 2.75) is 90.5 Å². The predicted molar refractivity (Wildman–Crippen MR) is 139 cm³/mol. The van der Waals surface area contributed by atoms with Crippen molar-refractivity contribution in [3.63, 3.8) is 0 Å². The van der Waals surface area contributed by atoms with Gasteiger partial charge in [-0.15, -0.1) is 24.8 Å². The van der Waals surface area contributed by atoms with Gasteiger partial charge in [-0.3, -0.25) is 0 Å². The lowest BCUT2D eigenvalue weighted by molar-refractivity contribution is 0.0232. The van der Waals surface area contributed by atoms with Crippen LogP contribution in [-0.4, -0.2) is 84.5 Å². The zero-order valence-corrected chi connectivity index (χ0v) is 23.4. The molecule has 0 aromatic rings. The first-order valence-electron chi connectivity index (χ1n) is 12.3. The molecule has 6 rings (SSSR count). The first kappa shape index (κ1) is 31.1. The van der Waals surface area contributed by atoms with Crippen LogP contribution in [0.1, 0.15) is 67.2 Å². The largest absolute Gasteiger partial charge is 0.444 e. The van der Waals surface area contributed by atoms with E-state index in [0.29, 0.717) is 23.9 Å². The van der Waals surface area contributed by atoms with Crippen molar-refractivity contribution in [3.05, 3.63) is 0 Å². The molecule has 0 aromatic heterocycles. The molecule has 0 aliphatic carbocycles. The fourth-order valence-corrected chi connectivity index (χ4v) is 4.83. The summed E-state index contributed by atoms with van der Waals surface area (Å²) in [6, 6.07) is 0.928. The summed E-state index contributed by atoms with van der Waals surface area (Å²) < 4.78 is 10.8. The Bertz CT molecular complexity index is 568. The van der Waals surface area contributed by atoms with Crippen LogP contribution in [0.25, 0.3) is 0 Å². The number of piperidine rings is 2. The minimum Gasteiger partial charge on any atom is -0.444 e. The third-order valence-electron chi connectivity index (χ3n) is 6.38. The Balaban J connectivity index is 0.000000321. The van der Waals surface area contributed by atoms with E-state index in [1.165, 1.54) is 25.7 Å². The van der Waals surface area contributed by atoms with Crippen LogP contribution < -0.4 is 10.6 Å². The number of carbonyl (C=O) groups excluding carboxylic acids is 2. The van der Waals surface area contributed by atoms with E-state index in [1.54, 1.807) is 0 Å². The zero-order chi connectivity index (χ0) is 23.5. The van der Waals surface area contributed by atoms with Gasteiger partial charge in [0, 0.05) is 38.3 Å². The summed E-state index contributed by atoms with van der Waals surface area (Å²) in [4.78, 5) is 27.7. The molecule has 2 amide bonds. The van der Waals surface area contributed by atoms with Gasteiger partial charge in [-0.05, 0) is 92.2 Å². The number of hydrogen-bond acceptors (Lipinski definition) is 6. The molecule has 2 N–H and O–H groups in total. The summed E-state index contributed by atoms with van der Waals surface area (Å²) in [6.07, 6.45) is 4.52. The normalized spacial score (nSPS) is 28.3. The number of carbonyl (C=O) groups is 2. The van der Waals surface area contributed by atoms with Crippen LogP contribution >= 0.6 is 24.8 Å². The molecule has 4 bridgehead atoms. The molecule has 6 saturated heterocycles. The van der Waals surface area contributed by atoms with Gasteiger partial charge in [0.1, 0.15) is 11.2 Å². The SMILES string of the molecule is CC(C)(C)OC(=O)N1C[C@@H]2CC[C@H](C1)NC2.CC(C)(C)OC(=O)N1C[C@H]2CC[C@@H](C1)NC2.Cl.Cl. The summed E-state index contributed by atoms with van der Waals surface area (Å²) in [5.74, 6) is 1.21. The predicted octanol–water partition coefficient (Wildman–Crippen LogP) is 4.05. The number of nitrogens with one attached hydrogen (secondary N) is 2. The average Bonchev–Trinajstić information content (AvgIpc) is 3.17. The van der Waals surface area contributed by atoms with E-state index in [1.807, 2.05) is 51.3 Å². The van der Waals surface area contributed by atoms with Gasteiger partial charge in [-0.1, -0.05) is 0 Å². The Hall–Kier alpha value is -0.960. The van der Waals surface area contributed by atoms with Crippen LogP contribution in [0.5, 0.6) is 0 Å². The molecule has 10 heteroatoms. The summed E-state index contributed by atoms with van der Waals surface area (Å²) in [5.41, 5.74) is -0.786. The Morgan fingerprint density at radius 2 is 1.00 bits per heavy atom. The van der Waals surface area contributed by atoms with E-state index in [2.05, 4.69) is 10.6 Å². The first-order chi connectivity index (χ1) is 14.9. The molecule has 0 radical (unpaired) electrons. The number of hydrogen-bond donors (Lipinski definition) is 2. The van der Waals surface area contributed by atoms with Crippen molar-refractivity contribution in [3.8, 4) is 0 Å². The molecule has 6 heterocycles. The minimum atomic E-state index is -0.393. The minimum absolute atomic E-state index is 0. The van der Waals surface area contributed by atoms with Crippen molar-refractivity contribution in [2.24, 2.45) is 11.8 Å². The van der Waals surface area contributed by atoms with Gasteiger partial charge in [0.25, 0.3) is 0 Å². The second-order valence-electron chi connectivity index (χ2n) is 11.9. The molecule has 0 saturated carbocycles. The Morgan fingerprint density at radius 3 is 1.26 bits per heavy atom. The molecule has 0 aromatic carbocycles. The lowest BCUT2D eigenvalue weighted by Crippen LogP contribution is -2.42. The van der Waals surface area contributed by atoms with Crippen molar-refractivity contribution in [1.29, 1.82) is 0 Å². The Morgan fingerprint density at radius 1 is 0.647 bits per heavy atom. The number of fused-ring (bicyclic) bond motifs is 8. The van der Waals surface area contributed by atoms with Crippen LogP contribution in [0.4, 0.5) is 9.59 Å². The highest BCUT2D eigenvalue weighted by atomic mass is 35.5. The fourth-order valence-electron chi connectivity index (χ4n) is 4.83. The highest BCUT2D eigenvalue weighted by Crippen LogP contribution is 2.24. The quantitative estimate of drug-likeness (QED) is 0.497. The highest BCUT2D eigenvalue weighted by Gasteiger charge is 2.34. The molecular formula is C24H46Cl2N4O4. The second kappa shape index (κ2) is 12.8. The molecule has 34 heavy (non-hydrogen) atoms. The van der Waals surface area contributed by atoms with Crippen molar-refractivity contribution >= 4 is 37.0 Å². The third kappa shape index (κ3) is 9.96. The standard InChI is InChI=1S/2C12H22N2O2.2ClH/c2*1-12(2,3)16-11(15)14-7-9-4-5-10(8-14)13-6-9;;/h2*9-10,13H,4-8H2,1-3H3;2*1H/t2*9-,10-;;/m10../s1. The molecule has 0 spiro atoms. The maximum absolute atomic E-state index is 12.0. The van der Waals surface area contributed by atoms with E-state index in [-0.39, 0.29) is 37.0 Å². The summed E-state index contributed by atoms with van der Waals surface area (Å²) in [6.45, 7) is 16.9. The summed E-state index contributed by atoms with van der Waals surface area (Å²) >= 11 is 0. The number of nitrogens with zero attached hydrogens (tertiary/aromatic N) is 2. The first-order valence-corrected chi connectivity index (χ1v) is 12.3. The molecular weight excluding hydrogens is 479 g/mol. The van der Waals surface area contributed by atoms with Crippen LogP contribution in [0.15, 0.2) is 0 Å². The van der Waals surface area contributed by atoms with Crippen LogP contribution in [-0.2, 0) is 9.47 Å². The maximum Gasteiger partial charge on any atom is 0.410 e. The average molecular weight is 526 g/mol. The number of ether oxygens (including phenoxy) is 2. The smallest absolute Gasteiger partial charge is 0.410 e. The zero-order valence-electron chi connectivity index (χ0n) is 21.7. The number of rotatable bonds is 0. The fraction of sp³-hybridized carbons (Fsp3) is 0.917. The second-order valence-corrected chi connectivity index (χ2v) is 11.9. The third-order valence-corrected chi connectivity index (χ3v) is 6.38. The molecule has 6 aliphatic rings. The molecule has 0 unspecified atom stereocenters. The molecule has 6 aliphatic heterocycles. The van der Waals surface area contributed by atoms with E-state index in [4.69, 9.17) is 9.47 Å². The van der Waals surface area contributed by atoms with Gasteiger partial charge in [0.15, 0.2) is 0 Å². The molecule has 8 nitrogen and oxygen atoms in total. The summed E-state index contributed by atoms with van der Waals surface area (Å²) in [5, 5.41) is 6.96. The van der Waals surface area contributed by atoms with Crippen LogP contribution in [0.2, 0.25) is 0 Å². The lowest BCUT2D eigenvalue weighted by Gasteiger charge is -2.27. The van der Waals surface area contributed by atoms with Crippen molar-refractivity contribution < 1.29 is 19.1 Å². The highest BCUT2D eigenvalue weighted by molar-refractivity contribution is 5.85. The van der Waals surface area contributed by atoms with Crippen molar-refractivity contribution in [2.75, 3.05) is 39.3 Å². The van der Waals surface area contributed by atoms with Crippen molar-refractivity contribution in [1.82, 2.24) is 20.4 Å². The topological polar surface area (TPSA) is 83.1 Å². The van der Waals surface area contributed by atoms with Gasteiger partial charge in [-0.2, -0.15) is 0 Å². The number of halogens is 2. The van der Waals surface area contributed by atoms with Gasteiger partial charge < -0.3 is 29.9 Å². The Kier molecular flexibility index (Phi) is 11.7. The molecule has 4 atom stereocenters. The molecule has 200 valence electrons. The van der Waals surface area contributed by atoms with Crippen LogP contribution in [0, 0.1) is 11.8 Å². The van der Waals surface area contributed by atoms with Gasteiger partial charge in [-0.25, -0.2) is 9.59 Å². The lowest BCUT2D eigenvalue weighted by atomic mass is 9.97. The van der Waals surface area contributed by atoms with Gasteiger partial charge in [0.05, 0.1) is 0 Å². The van der Waals surface area contributed by atoms with E-state index < -0.39 is 11.2 Å². The van der Waals surface area contributed by atoms with Gasteiger partial charge in [0.2, 0.25) is 0 Å². The van der Waals surface area contributed by atoms with E-state index in [0.717, 1.165) is 39.3 Å². The maximum atomic E-state index is 12.0. The Labute approximate surface area is 218 Å². The van der Waals surface area contributed by atoms with Crippen LogP contribution in [0.3, 0.4) is 0 Å². The van der Waals surface area contributed by atoms with Gasteiger partial charge >= 0.3 is 12.2 Å². The number of amides is 2. The summed E-state index contributed by atoms with van der Waals surface area (Å²) in [7, 11) is 0. The monoisotopic (exact) mass is 524 g/mol. The van der Waals surface area contributed by atoms with E-state index in [9.17, 15) is 9.59 Å². The van der Waals surface area contributed by atoms with E-state index >= 15 is 0 Å².